The van der Waals surface area contributed by atoms with Crippen LogP contribution in [0.2, 0.25) is 0 Å². The molecule has 3 aromatic rings. The van der Waals surface area contributed by atoms with Crippen molar-refractivity contribution in [2.75, 3.05) is 0 Å². The van der Waals surface area contributed by atoms with Gasteiger partial charge in [-0.05, 0) is 37.1 Å². The van der Waals surface area contributed by atoms with Crippen LogP contribution in [0.3, 0.4) is 0 Å². The molecule has 1 aliphatic rings. The Morgan fingerprint density at radius 2 is 1.67 bits per heavy atom. The van der Waals surface area contributed by atoms with Gasteiger partial charge >= 0.3 is 0 Å². The summed E-state index contributed by atoms with van der Waals surface area (Å²) < 4.78 is 15.5. The summed E-state index contributed by atoms with van der Waals surface area (Å²) in [5, 5.41) is 1.63. The normalized spacial score (nSPS) is 15.0. The lowest BCUT2D eigenvalue weighted by Gasteiger charge is -2.14. The lowest BCUT2D eigenvalue weighted by atomic mass is 10.1. The highest BCUT2D eigenvalue weighted by Gasteiger charge is 2.21. The van der Waals surface area contributed by atoms with Crippen molar-refractivity contribution < 1.29 is 4.39 Å². The highest BCUT2D eigenvalue weighted by atomic mass is 32.2. The number of thioether (sulfide) groups is 1. The number of rotatable bonds is 4. The lowest BCUT2D eigenvalue weighted by molar-refractivity contribution is 0.627. The van der Waals surface area contributed by atoms with Crippen molar-refractivity contribution in [1.29, 1.82) is 0 Å². The molecule has 1 saturated carbocycles. The first kappa shape index (κ1) is 15.5. The summed E-state index contributed by atoms with van der Waals surface area (Å²) in [5.41, 5.74) is 3.11. The summed E-state index contributed by atoms with van der Waals surface area (Å²) in [6, 6.07) is 16.9. The molecule has 1 heterocycles. The molecule has 0 radical (unpaired) electrons. The molecule has 0 bridgehead atoms. The molecule has 0 N–H and O–H groups in total. The summed E-state index contributed by atoms with van der Waals surface area (Å²) in [5.74, 6) is -0.217. The Balaban J connectivity index is 1.79. The number of imidazole rings is 1. The Labute approximate surface area is 145 Å². The molecule has 0 unspecified atom stereocenters. The molecule has 0 aliphatic heterocycles. The average Bonchev–Trinajstić information content (AvgIpc) is 3.27. The van der Waals surface area contributed by atoms with Crippen LogP contribution in [0.25, 0.3) is 16.9 Å². The van der Waals surface area contributed by atoms with Crippen LogP contribution in [0.15, 0.2) is 66.0 Å². The molecular weight excluding hydrogens is 319 g/mol. The quantitative estimate of drug-likeness (QED) is 0.606. The van der Waals surface area contributed by atoms with Crippen molar-refractivity contribution in [3.05, 3.63) is 66.6 Å². The highest BCUT2D eigenvalue weighted by Crippen LogP contribution is 2.37. The summed E-state index contributed by atoms with van der Waals surface area (Å²) >= 11 is 1.85. The van der Waals surface area contributed by atoms with Crippen LogP contribution in [-0.4, -0.2) is 14.8 Å². The smallest absolute Gasteiger partial charge is 0.173 e. The second kappa shape index (κ2) is 6.81. The van der Waals surface area contributed by atoms with Gasteiger partial charge in [-0.1, -0.05) is 54.9 Å². The number of hydrogen-bond acceptors (Lipinski definition) is 2. The largest absolute Gasteiger partial charge is 0.287 e. The van der Waals surface area contributed by atoms with Crippen LogP contribution in [0.5, 0.6) is 0 Å². The molecule has 24 heavy (non-hydrogen) atoms. The maximum absolute atomic E-state index is 13.3. The van der Waals surface area contributed by atoms with E-state index < -0.39 is 0 Å². The van der Waals surface area contributed by atoms with Crippen LogP contribution >= 0.6 is 11.8 Å². The van der Waals surface area contributed by atoms with Crippen molar-refractivity contribution in [2.24, 2.45) is 0 Å². The van der Waals surface area contributed by atoms with Gasteiger partial charge in [0.15, 0.2) is 5.16 Å². The topological polar surface area (TPSA) is 17.8 Å². The van der Waals surface area contributed by atoms with Gasteiger partial charge in [0.25, 0.3) is 0 Å². The number of halogens is 1. The third-order valence-electron chi connectivity index (χ3n) is 4.46. The van der Waals surface area contributed by atoms with Gasteiger partial charge in [0.05, 0.1) is 11.9 Å². The van der Waals surface area contributed by atoms with Gasteiger partial charge in [-0.3, -0.25) is 4.57 Å². The number of benzene rings is 2. The maximum atomic E-state index is 13.3. The van der Waals surface area contributed by atoms with E-state index in [2.05, 4.69) is 21.7 Å². The number of hydrogen-bond donors (Lipinski definition) is 0. The van der Waals surface area contributed by atoms with Crippen LogP contribution in [0.4, 0.5) is 4.39 Å². The van der Waals surface area contributed by atoms with Crippen LogP contribution < -0.4 is 0 Å². The fourth-order valence-corrected chi connectivity index (χ4v) is 4.52. The SMILES string of the molecule is Fc1ccc(-n2c(-c3ccccc3)cnc2SC2CCCC2)cc1. The Bertz CT molecular complexity index is 805. The van der Waals surface area contributed by atoms with E-state index >= 15 is 0 Å². The third kappa shape index (κ3) is 3.11. The third-order valence-corrected chi connectivity index (χ3v) is 5.76. The Kier molecular flexibility index (Phi) is 4.39. The molecule has 0 spiro atoms. The van der Waals surface area contributed by atoms with Crippen LogP contribution in [-0.2, 0) is 0 Å². The van der Waals surface area contributed by atoms with Gasteiger partial charge in [0, 0.05) is 16.5 Å². The van der Waals surface area contributed by atoms with E-state index in [9.17, 15) is 4.39 Å². The van der Waals surface area contributed by atoms with Gasteiger partial charge < -0.3 is 0 Å². The van der Waals surface area contributed by atoms with Gasteiger partial charge in [-0.25, -0.2) is 9.37 Å². The molecule has 1 fully saturated rings. The molecular formula is C20H19FN2S. The van der Waals surface area contributed by atoms with E-state index in [1.807, 2.05) is 48.3 Å². The molecule has 2 nitrogen and oxygen atoms in total. The molecule has 0 atom stereocenters. The minimum absolute atomic E-state index is 0.217. The molecule has 1 aliphatic carbocycles. The van der Waals surface area contributed by atoms with Crippen molar-refractivity contribution in [3.63, 3.8) is 0 Å². The standard InChI is InChI=1S/C20H19FN2S/c21-16-10-12-17(13-11-16)23-19(15-6-2-1-3-7-15)14-22-20(23)24-18-8-4-5-9-18/h1-3,6-7,10-14,18H,4-5,8-9H2. The first-order chi connectivity index (χ1) is 11.8. The monoisotopic (exact) mass is 338 g/mol. The zero-order chi connectivity index (χ0) is 16.4. The zero-order valence-corrected chi connectivity index (χ0v) is 14.2. The van der Waals surface area contributed by atoms with E-state index in [0.29, 0.717) is 5.25 Å². The fourth-order valence-electron chi connectivity index (χ4n) is 3.23. The molecule has 4 rings (SSSR count). The molecule has 1 aromatic heterocycles. The van der Waals surface area contributed by atoms with Crippen LogP contribution in [0, 0.1) is 5.82 Å². The number of aromatic nitrogens is 2. The van der Waals surface area contributed by atoms with Crippen molar-refractivity contribution >= 4 is 11.8 Å². The highest BCUT2D eigenvalue weighted by molar-refractivity contribution is 7.99. The molecule has 122 valence electrons. The first-order valence-electron chi connectivity index (χ1n) is 8.37. The van der Waals surface area contributed by atoms with Gasteiger partial charge in [-0.2, -0.15) is 0 Å². The van der Waals surface area contributed by atoms with E-state index in [-0.39, 0.29) is 5.82 Å². The van der Waals surface area contributed by atoms with E-state index in [0.717, 1.165) is 22.1 Å². The second-order valence-corrected chi connectivity index (χ2v) is 7.40. The summed E-state index contributed by atoms with van der Waals surface area (Å²) in [4.78, 5) is 4.69. The molecule has 0 saturated heterocycles. The summed E-state index contributed by atoms with van der Waals surface area (Å²) in [7, 11) is 0. The minimum atomic E-state index is -0.217. The lowest BCUT2D eigenvalue weighted by Crippen LogP contribution is -2.02. The van der Waals surface area contributed by atoms with Crippen LogP contribution in [0.1, 0.15) is 25.7 Å². The second-order valence-electron chi connectivity index (χ2n) is 6.13. The van der Waals surface area contributed by atoms with E-state index in [1.165, 1.54) is 37.8 Å². The predicted molar refractivity (Wildman–Crippen MR) is 97.1 cm³/mol. The van der Waals surface area contributed by atoms with Gasteiger partial charge in [0.2, 0.25) is 0 Å². The predicted octanol–water partition coefficient (Wildman–Crippen LogP) is 5.71. The Hall–Kier alpha value is -2.07. The van der Waals surface area contributed by atoms with E-state index in [1.54, 1.807) is 0 Å². The average molecular weight is 338 g/mol. The van der Waals surface area contributed by atoms with E-state index in [4.69, 9.17) is 0 Å². The minimum Gasteiger partial charge on any atom is -0.287 e. The Morgan fingerprint density at radius 3 is 2.38 bits per heavy atom. The van der Waals surface area contributed by atoms with Crippen molar-refractivity contribution in [3.8, 4) is 16.9 Å². The molecule has 2 aromatic carbocycles. The summed E-state index contributed by atoms with van der Waals surface area (Å²) in [6.07, 6.45) is 7.04. The number of nitrogens with zero attached hydrogens (tertiary/aromatic N) is 2. The first-order valence-corrected chi connectivity index (χ1v) is 9.25. The van der Waals surface area contributed by atoms with Crippen molar-refractivity contribution in [2.45, 2.75) is 36.1 Å². The Morgan fingerprint density at radius 1 is 0.958 bits per heavy atom. The maximum Gasteiger partial charge on any atom is 0.173 e. The van der Waals surface area contributed by atoms with Gasteiger partial charge in [0.1, 0.15) is 5.82 Å². The zero-order valence-electron chi connectivity index (χ0n) is 13.4. The fraction of sp³-hybridized carbons (Fsp3) is 0.250. The molecule has 4 heteroatoms. The van der Waals surface area contributed by atoms with Crippen molar-refractivity contribution in [1.82, 2.24) is 9.55 Å². The summed E-state index contributed by atoms with van der Waals surface area (Å²) in [6.45, 7) is 0. The molecule has 0 amide bonds. The van der Waals surface area contributed by atoms with Gasteiger partial charge in [-0.15, -0.1) is 0 Å².